The van der Waals surface area contributed by atoms with E-state index in [4.69, 9.17) is 11.0 Å². The minimum Gasteiger partial charge on any atom is -0.398 e. The second kappa shape index (κ2) is 6.32. The van der Waals surface area contributed by atoms with Gasteiger partial charge in [-0.3, -0.25) is 0 Å². The highest BCUT2D eigenvalue weighted by Crippen LogP contribution is 2.23. The summed E-state index contributed by atoms with van der Waals surface area (Å²) in [4.78, 5) is 0. The van der Waals surface area contributed by atoms with Crippen LogP contribution in [-0.4, -0.2) is 5.54 Å². The third-order valence-electron chi connectivity index (χ3n) is 3.54. The van der Waals surface area contributed by atoms with E-state index in [0.29, 0.717) is 11.3 Å². The fourth-order valence-electron chi connectivity index (χ4n) is 2.30. The average Bonchev–Trinajstić information content (AvgIpc) is 2.46. The van der Waals surface area contributed by atoms with E-state index in [0.717, 1.165) is 18.5 Å². The lowest BCUT2D eigenvalue weighted by molar-refractivity contribution is 0.519. The average molecular weight is 279 g/mol. The Morgan fingerprint density at radius 2 is 1.86 bits per heavy atom. The van der Waals surface area contributed by atoms with Crippen molar-refractivity contribution in [3.63, 3.8) is 0 Å². The molecule has 108 valence electrons. The van der Waals surface area contributed by atoms with Crippen molar-refractivity contribution in [2.45, 2.75) is 32.2 Å². The topological polar surface area (TPSA) is 61.8 Å². The second-order valence-electron chi connectivity index (χ2n) is 5.91. The zero-order chi connectivity index (χ0) is 15.3. The van der Waals surface area contributed by atoms with Gasteiger partial charge in [-0.25, -0.2) is 0 Å². The van der Waals surface area contributed by atoms with Gasteiger partial charge in [0.05, 0.1) is 11.3 Å². The number of nitrogens with zero attached hydrogens (tertiary/aromatic N) is 1. The van der Waals surface area contributed by atoms with E-state index >= 15 is 0 Å². The molecule has 0 saturated heterocycles. The van der Waals surface area contributed by atoms with Gasteiger partial charge in [0.15, 0.2) is 0 Å². The first-order valence-corrected chi connectivity index (χ1v) is 7.12. The summed E-state index contributed by atoms with van der Waals surface area (Å²) in [5.74, 6) is 0. The highest BCUT2D eigenvalue weighted by molar-refractivity contribution is 5.63. The Bertz CT molecular complexity index is 639. The van der Waals surface area contributed by atoms with E-state index in [1.54, 1.807) is 6.07 Å². The Kier molecular flexibility index (Phi) is 4.49. The van der Waals surface area contributed by atoms with Crippen molar-refractivity contribution >= 4 is 11.4 Å². The molecule has 0 heterocycles. The van der Waals surface area contributed by atoms with Gasteiger partial charge in [-0.15, -0.1) is 0 Å². The van der Waals surface area contributed by atoms with Gasteiger partial charge in [0.2, 0.25) is 0 Å². The van der Waals surface area contributed by atoms with E-state index in [1.807, 2.05) is 18.2 Å². The highest BCUT2D eigenvalue weighted by Gasteiger charge is 2.17. The Morgan fingerprint density at radius 1 is 1.14 bits per heavy atom. The van der Waals surface area contributed by atoms with Gasteiger partial charge in [-0.1, -0.05) is 30.3 Å². The number of aryl methyl sites for hydroxylation is 1. The number of benzene rings is 2. The van der Waals surface area contributed by atoms with Crippen LogP contribution < -0.4 is 11.1 Å². The lowest BCUT2D eigenvalue weighted by atomic mass is 9.95. The van der Waals surface area contributed by atoms with Crippen molar-refractivity contribution < 1.29 is 0 Å². The lowest BCUT2D eigenvalue weighted by Crippen LogP contribution is -2.31. The molecule has 0 saturated carbocycles. The number of hydrogen-bond donors (Lipinski definition) is 2. The van der Waals surface area contributed by atoms with Crippen LogP contribution >= 0.6 is 0 Å². The lowest BCUT2D eigenvalue weighted by Gasteiger charge is -2.28. The van der Waals surface area contributed by atoms with Gasteiger partial charge in [0.25, 0.3) is 0 Å². The molecule has 0 aliphatic carbocycles. The number of nitriles is 1. The van der Waals surface area contributed by atoms with Crippen LogP contribution in [0.5, 0.6) is 0 Å². The summed E-state index contributed by atoms with van der Waals surface area (Å²) in [6, 6.07) is 18.0. The molecule has 0 spiro atoms. The molecular weight excluding hydrogens is 258 g/mol. The Morgan fingerprint density at radius 3 is 2.48 bits per heavy atom. The molecule has 2 aromatic rings. The zero-order valence-electron chi connectivity index (χ0n) is 12.6. The first kappa shape index (κ1) is 14.9. The molecule has 3 nitrogen and oxygen atoms in total. The SMILES string of the molecule is CC(C)(CCc1ccccc1)Nc1ccc(C#N)c(N)c1. The number of anilines is 2. The molecule has 2 rings (SSSR count). The molecular formula is C18H21N3. The standard InChI is InChI=1S/C18H21N3/c1-18(2,11-10-14-6-4-3-5-7-14)21-16-9-8-15(13-19)17(20)12-16/h3-9,12,21H,10-11,20H2,1-2H3. The van der Waals surface area contributed by atoms with Crippen LogP contribution in [0.3, 0.4) is 0 Å². The maximum absolute atomic E-state index is 8.90. The summed E-state index contributed by atoms with van der Waals surface area (Å²) in [5, 5.41) is 12.4. The van der Waals surface area contributed by atoms with Crippen LogP contribution in [0.2, 0.25) is 0 Å². The number of nitrogens with one attached hydrogen (secondary N) is 1. The molecule has 0 unspecified atom stereocenters. The summed E-state index contributed by atoms with van der Waals surface area (Å²) in [5.41, 5.74) is 9.13. The van der Waals surface area contributed by atoms with Crippen molar-refractivity contribution in [1.82, 2.24) is 0 Å². The Balaban J connectivity index is 2.00. The third kappa shape index (κ3) is 4.25. The van der Waals surface area contributed by atoms with Crippen LogP contribution in [-0.2, 0) is 6.42 Å². The van der Waals surface area contributed by atoms with Crippen LogP contribution in [0.15, 0.2) is 48.5 Å². The van der Waals surface area contributed by atoms with E-state index in [9.17, 15) is 0 Å². The maximum atomic E-state index is 8.90. The smallest absolute Gasteiger partial charge is 0.101 e. The summed E-state index contributed by atoms with van der Waals surface area (Å²) in [6.45, 7) is 4.34. The predicted octanol–water partition coefficient (Wildman–Crippen LogP) is 3.96. The fourth-order valence-corrected chi connectivity index (χ4v) is 2.30. The number of nitrogens with two attached hydrogens (primary N) is 1. The molecule has 3 N–H and O–H groups in total. The van der Waals surface area contributed by atoms with E-state index in [-0.39, 0.29) is 5.54 Å². The van der Waals surface area contributed by atoms with Crippen molar-refractivity contribution in [1.29, 1.82) is 5.26 Å². The van der Waals surface area contributed by atoms with Crippen LogP contribution in [0.1, 0.15) is 31.4 Å². The summed E-state index contributed by atoms with van der Waals surface area (Å²) < 4.78 is 0. The third-order valence-corrected chi connectivity index (χ3v) is 3.54. The Hall–Kier alpha value is -2.47. The van der Waals surface area contributed by atoms with E-state index in [2.05, 4.69) is 49.5 Å². The molecule has 0 fully saturated rings. The quantitative estimate of drug-likeness (QED) is 0.814. The first-order valence-electron chi connectivity index (χ1n) is 7.12. The normalized spacial score (nSPS) is 10.9. The molecule has 21 heavy (non-hydrogen) atoms. The molecule has 0 radical (unpaired) electrons. The second-order valence-corrected chi connectivity index (χ2v) is 5.91. The van der Waals surface area contributed by atoms with Crippen molar-refractivity contribution in [2.75, 3.05) is 11.1 Å². The summed E-state index contributed by atoms with van der Waals surface area (Å²) in [6.07, 6.45) is 2.03. The molecule has 0 bridgehead atoms. The summed E-state index contributed by atoms with van der Waals surface area (Å²) in [7, 11) is 0. The predicted molar refractivity (Wildman–Crippen MR) is 88.0 cm³/mol. The van der Waals surface area contributed by atoms with Gasteiger partial charge < -0.3 is 11.1 Å². The van der Waals surface area contributed by atoms with Gasteiger partial charge in [-0.05, 0) is 50.5 Å². The minimum atomic E-state index is -0.0452. The fraction of sp³-hybridized carbons (Fsp3) is 0.278. The first-order chi connectivity index (χ1) is 10.00. The molecule has 0 aromatic heterocycles. The van der Waals surface area contributed by atoms with Crippen molar-refractivity contribution in [2.24, 2.45) is 0 Å². The Labute approximate surface area is 126 Å². The largest absolute Gasteiger partial charge is 0.398 e. The molecule has 2 aromatic carbocycles. The zero-order valence-corrected chi connectivity index (χ0v) is 12.6. The van der Waals surface area contributed by atoms with Crippen LogP contribution in [0.4, 0.5) is 11.4 Å². The van der Waals surface area contributed by atoms with Gasteiger partial charge >= 0.3 is 0 Å². The van der Waals surface area contributed by atoms with Gasteiger partial charge in [-0.2, -0.15) is 5.26 Å². The van der Waals surface area contributed by atoms with Crippen LogP contribution in [0.25, 0.3) is 0 Å². The summed E-state index contributed by atoms with van der Waals surface area (Å²) >= 11 is 0. The molecule has 0 aliphatic heterocycles. The van der Waals surface area contributed by atoms with E-state index < -0.39 is 0 Å². The monoisotopic (exact) mass is 279 g/mol. The van der Waals surface area contributed by atoms with Crippen LogP contribution in [0, 0.1) is 11.3 Å². The van der Waals surface area contributed by atoms with Crippen molar-refractivity contribution in [3.05, 3.63) is 59.7 Å². The minimum absolute atomic E-state index is 0.0452. The highest BCUT2D eigenvalue weighted by atomic mass is 15.0. The van der Waals surface area contributed by atoms with E-state index in [1.165, 1.54) is 5.56 Å². The molecule has 0 aliphatic rings. The number of hydrogen-bond acceptors (Lipinski definition) is 3. The molecule has 0 amide bonds. The number of rotatable bonds is 5. The number of nitrogen functional groups attached to an aromatic ring is 1. The van der Waals surface area contributed by atoms with Gasteiger partial charge in [0.1, 0.15) is 6.07 Å². The van der Waals surface area contributed by atoms with Crippen molar-refractivity contribution in [3.8, 4) is 6.07 Å². The maximum Gasteiger partial charge on any atom is 0.101 e. The molecule has 0 atom stereocenters. The van der Waals surface area contributed by atoms with Gasteiger partial charge in [0, 0.05) is 11.2 Å². The molecule has 3 heteroatoms.